The van der Waals surface area contributed by atoms with Crippen LogP contribution < -0.4 is 10.1 Å². The second-order valence-corrected chi connectivity index (χ2v) is 4.57. The van der Waals surface area contributed by atoms with Crippen LogP contribution in [0.4, 0.5) is 5.13 Å². The lowest BCUT2D eigenvalue weighted by molar-refractivity contribution is 0.211. The topological polar surface area (TPSA) is 69.2 Å². The van der Waals surface area contributed by atoms with Gasteiger partial charge in [0.1, 0.15) is 5.82 Å². The Morgan fingerprint density at radius 1 is 1.32 bits per heavy atom. The van der Waals surface area contributed by atoms with Gasteiger partial charge in [-0.3, -0.25) is 0 Å². The number of ether oxygens (including phenoxy) is 2. The van der Waals surface area contributed by atoms with E-state index in [9.17, 15) is 0 Å². The Bertz CT molecular complexity index is 501. The molecule has 7 heteroatoms. The molecule has 1 N–H and O–H groups in total. The lowest BCUT2D eigenvalue weighted by Gasteiger charge is -2.00. The first-order chi connectivity index (χ1) is 9.31. The van der Waals surface area contributed by atoms with Crippen molar-refractivity contribution >= 4 is 16.7 Å². The minimum atomic E-state index is 0.608. The van der Waals surface area contributed by atoms with Crippen molar-refractivity contribution < 1.29 is 9.47 Å². The van der Waals surface area contributed by atoms with Gasteiger partial charge in [-0.1, -0.05) is 6.07 Å². The fourth-order valence-corrected chi connectivity index (χ4v) is 2.09. The van der Waals surface area contributed by atoms with Gasteiger partial charge < -0.3 is 14.8 Å². The summed E-state index contributed by atoms with van der Waals surface area (Å²) >= 11 is 1.35. The second kappa shape index (κ2) is 7.01. The van der Waals surface area contributed by atoms with Gasteiger partial charge in [0.05, 0.1) is 13.7 Å². The minimum Gasteiger partial charge on any atom is -0.481 e. The average Bonchev–Trinajstić information content (AvgIpc) is 2.88. The molecule has 0 unspecified atom stereocenters. The molecule has 0 spiro atoms. The van der Waals surface area contributed by atoms with Gasteiger partial charge in [0.15, 0.2) is 0 Å². The zero-order valence-corrected chi connectivity index (χ0v) is 11.7. The third-order valence-electron chi connectivity index (χ3n) is 2.42. The number of methoxy groups -OCH3 is 2. The van der Waals surface area contributed by atoms with E-state index in [0.29, 0.717) is 18.9 Å². The summed E-state index contributed by atoms with van der Waals surface area (Å²) in [5, 5.41) is 3.97. The van der Waals surface area contributed by atoms with E-state index < -0.39 is 0 Å². The van der Waals surface area contributed by atoms with Gasteiger partial charge in [-0.25, -0.2) is 9.97 Å². The van der Waals surface area contributed by atoms with Crippen molar-refractivity contribution in [3.05, 3.63) is 29.7 Å². The van der Waals surface area contributed by atoms with Crippen LogP contribution in [0, 0.1) is 0 Å². The number of hydrogen-bond acceptors (Lipinski definition) is 7. The molecule has 6 nitrogen and oxygen atoms in total. The molecule has 0 radical (unpaired) electrons. The zero-order valence-electron chi connectivity index (χ0n) is 10.9. The summed E-state index contributed by atoms with van der Waals surface area (Å²) < 4.78 is 14.3. The number of rotatable bonds is 7. The normalized spacial score (nSPS) is 10.4. The Balaban J connectivity index is 1.91. The van der Waals surface area contributed by atoms with E-state index in [2.05, 4.69) is 19.7 Å². The summed E-state index contributed by atoms with van der Waals surface area (Å²) in [6, 6.07) is 3.80. The molecule has 0 aliphatic carbocycles. The standard InChI is InChI=1S/C12H16N4O2S/c1-17-6-5-13-12-15-10(16-19-12)7-9-3-4-11(18-2)14-8-9/h3-4,8H,5-7H2,1-2H3,(H,13,15,16). The fraction of sp³-hybridized carbons (Fsp3) is 0.417. The molecule has 0 saturated carbocycles. The summed E-state index contributed by atoms with van der Waals surface area (Å²) in [5.74, 6) is 1.40. The molecule has 0 aromatic carbocycles. The highest BCUT2D eigenvalue weighted by atomic mass is 32.1. The Morgan fingerprint density at radius 3 is 2.89 bits per heavy atom. The molecule has 0 saturated heterocycles. The Kier molecular flexibility index (Phi) is 5.05. The van der Waals surface area contributed by atoms with E-state index in [1.165, 1.54) is 11.5 Å². The van der Waals surface area contributed by atoms with Crippen LogP contribution in [0.3, 0.4) is 0 Å². The highest BCUT2D eigenvalue weighted by Gasteiger charge is 2.05. The minimum absolute atomic E-state index is 0.608. The lowest BCUT2D eigenvalue weighted by atomic mass is 10.2. The third kappa shape index (κ3) is 4.15. The molecule has 0 fully saturated rings. The lowest BCUT2D eigenvalue weighted by Crippen LogP contribution is -2.07. The molecule has 2 rings (SSSR count). The average molecular weight is 280 g/mol. The number of pyridine rings is 1. The van der Waals surface area contributed by atoms with Crippen molar-refractivity contribution in [1.82, 2.24) is 14.3 Å². The molecule has 2 aromatic rings. The highest BCUT2D eigenvalue weighted by Crippen LogP contribution is 2.14. The molecule has 0 aliphatic heterocycles. The molecule has 0 amide bonds. The van der Waals surface area contributed by atoms with Crippen LogP contribution in [0.25, 0.3) is 0 Å². The number of nitrogens with zero attached hydrogens (tertiary/aromatic N) is 3. The SMILES string of the molecule is COCCNc1nc(Cc2ccc(OC)nc2)ns1. The highest BCUT2D eigenvalue weighted by molar-refractivity contribution is 7.09. The van der Waals surface area contributed by atoms with Crippen LogP contribution in [-0.2, 0) is 11.2 Å². The molecule has 2 heterocycles. The predicted octanol–water partition coefficient (Wildman–Crippen LogP) is 1.59. The Labute approximate surface area is 116 Å². The fourth-order valence-electron chi connectivity index (χ4n) is 1.48. The van der Waals surface area contributed by atoms with Gasteiger partial charge in [-0.05, 0) is 5.56 Å². The first-order valence-electron chi connectivity index (χ1n) is 5.86. The summed E-state index contributed by atoms with van der Waals surface area (Å²) in [6.45, 7) is 1.38. The molecule has 0 bridgehead atoms. The smallest absolute Gasteiger partial charge is 0.212 e. The van der Waals surface area contributed by atoms with Crippen LogP contribution in [0.2, 0.25) is 0 Å². The van der Waals surface area contributed by atoms with Gasteiger partial charge in [0.2, 0.25) is 11.0 Å². The van der Waals surface area contributed by atoms with E-state index in [1.54, 1.807) is 20.4 Å². The molecular weight excluding hydrogens is 264 g/mol. The van der Waals surface area contributed by atoms with E-state index in [-0.39, 0.29) is 0 Å². The van der Waals surface area contributed by atoms with Gasteiger partial charge in [0, 0.05) is 43.9 Å². The molecule has 102 valence electrons. The zero-order chi connectivity index (χ0) is 13.5. The van der Waals surface area contributed by atoms with E-state index in [0.717, 1.165) is 23.1 Å². The van der Waals surface area contributed by atoms with Crippen molar-refractivity contribution in [2.45, 2.75) is 6.42 Å². The van der Waals surface area contributed by atoms with Gasteiger partial charge in [-0.2, -0.15) is 4.37 Å². The first-order valence-corrected chi connectivity index (χ1v) is 6.63. The van der Waals surface area contributed by atoms with Crippen LogP contribution in [0.15, 0.2) is 18.3 Å². The molecule has 0 aliphatic rings. The Hall–Kier alpha value is -1.73. The summed E-state index contributed by atoms with van der Waals surface area (Å²) in [4.78, 5) is 8.56. The largest absolute Gasteiger partial charge is 0.481 e. The van der Waals surface area contributed by atoms with Crippen molar-refractivity contribution in [1.29, 1.82) is 0 Å². The van der Waals surface area contributed by atoms with E-state index in [4.69, 9.17) is 9.47 Å². The number of aromatic nitrogens is 3. The predicted molar refractivity (Wildman–Crippen MR) is 73.9 cm³/mol. The second-order valence-electron chi connectivity index (χ2n) is 3.82. The molecule has 0 atom stereocenters. The van der Waals surface area contributed by atoms with Crippen LogP contribution in [0.5, 0.6) is 5.88 Å². The monoisotopic (exact) mass is 280 g/mol. The maximum absolute atomic E-state index is 5.02. The molecule has 2 aromatic heterocycles. The van der Waals surface area contributed by atoms with E-state index >= 15 is 0 Å². The Morgan fingerprint density at radius 2 is 2.21 bits per heavy atom. The van der Waals surface area contributed by atoms with Crippen molar-refractivity contribution in [2.24, 2.45) is 0 Å². The van der Waals surface area contributed by atoms with Crippen molar-refractivity contribution in [3.8, 4) is 5.88 Å². The summed E-state index contributed by atoms with van der Waals surface area (Å²) in [5.41, 5.74) is 1.06. The number of anilines is 1. The van der Waals surface area contributed by atoms with Crippen LogP contribution in [-0.4, -0.2) is 41.7 Å². The first kappa shape index (κ1) is 13.7. The summed E-state index contributed by atoms with van der Waals surface area (Å²) in [7, 11) is 3.27. The van der Waals surface area contributed by atoms with Gasteiger partial charge in [-0.15, -0.1) is 0 Å². The maximum Gasteiger partial charge on any atom is 0.212 e. The maximum atomic E-state index is 5.02. The van der Waals surface area contributed by atoms with Crippen LogP contribution >= 0.6 is 11.5 Å². The van der Waals surface area contributed by atoms with Crippen LogP contribution in [0.1, 0.15) is 11.4 Å². The van der Waals surface area contributed by atoms with E-state index in [1.807, 2.05) is 12.1 Å². The summed E-state index contributed by atoms with van der Waals surface area (Å²) in [6.07, 6.45) is 2.44. The van der Waals surface area contributed by atoms with Gasteiger partial charge in [0.25, 0.3) is 0 Å². The number of nitrogens with one attached hydrogen (secondary N) is 1. The molecular formula is C12H16N4O2S. The third-order valence-corrected chi connectivity index (χ3v) is 3.13. The number of hydrogen-bond donors (Lipinski definition) is 1. The van der Waals surface area contributed by atoms with Crippen molar-refractivity contribution in [3.63, 3.8) is 0 Å². The molecule has 19 heavy (non-hydrogen) atoms. The quantitative estimate of drug-likeness (QED) is 0.777. The van der Waals surface area contributed by atoms with Gasteiger partial charge >= 0.3 is 0 Å². The van der Waals surface area contributed by atoms with Crippen molar-refractivity contribution in [2.75, 3.05) is 32.7 Å².